The molecule has 0 saturated heterocycles. The molecule has 2 aromatic heterocycles. The number of Topliss-reactive ketones (excluding diaryl/α,β-unsaturated/α-hetero) is 2. The maximum Gasteiger partial charge on any atom is 0.338 e. The minimum atomic E-state index is -0.573. The molecule has 0 bridgehead atoms. The predicted molar refractivity (Wildman–Crippen MR) is 94.5 cm³/mol. The lowest BCUT2D eigenvalue weighted by Crippen LogP contribution is -2.15. The van der Waals surface area contributed by atoms with E-state index in [1.165, 1.54) is 18.3 Å². The van der Waals surface area contributed by atoms with Crippen LogP contribution in [-0.4, -0.2) is 34.1 Å². The number of aromatic nitrogens is 2. The van der Waals surface area contributed by atoms with E-state index in [1.807, 2.05) is 0 Å². The Morgan fingerprint density at radius 2 is 2.00 bits per heavy atom. The van der Waals surface area contributed by atoms with Gasteiger partial charge in [0.1, 0.15) is 0 Å². The van der Waals surface area contributed by atoms with E-state index in [0.717, 1.165) is 10.2 Å². The van der Waals surface area contributed by atoms with Crippen LogP contribution < -0.4 is 0 Å². The highest BCUT2D eigenvalue weighted by Gasteiger charge is 2.21. The Morgan fingerprint density at radius 3 is 2.68 bits per heavy atom. The normalized spacial score (nSPS) is 10.8. The topological polar surface area (TPSA) is 89.1 Å². The smallest absolute Gasteiger partial charge is 0.338 e. The summed E-state index contributed by atoms with van der Waals surface area (Å²) in [5.74, 6) is -1.06. The lowest BCUT2D eigenvalue weighted by atomic mass is 10.1. The van der Waals surface area contributed by atoms with E-state index in [2.05, 4.69) is 9.97 Å². The molecular formula is C18H16N2O4S. The van der Waals surface area contributed by atoms with Gasteiger partial charge in [0.2, 0.25) is 5.78 Å². The van der Waals surface area contributed by atoms with Crippen molar-refractivity contribution in [3.05, 3.63) is 51.8 Å². The van der Waals surface area contributed by atoms with E-state index in [4.69, 9.17) is 4.74 Å². The molecule has 0 saturated carbocycles. The van der Waals surface area contributed by atoms with Gasteiger partial charge in [-0.1, -0.05) is 0 Å². The maximum atomic E-state index is 12.3. The van der Waals surface area contributed by atoms with Crippen LogP contribution in [0.15, 0.2) is 23.7 Å². The Hall–Kier alpha value is -2.80. The zero-order chi connectivity index (χ0) is 18.1. The SMILES string of the molecule is CC(=O)c1c(C)[nH]c(C(=O)COC(=O)c2ccc3ncsc3c2)c1C. The van der Waals surface area contributed by atoms with Crippen LogP contribution in [0.2, 0.25) is 0 Å². The van der Waals surface area contributed by atoms with E-state index < -0.39 is 12.6 Å². The van der Waals surface area contributed by atoms with Gasteiger partial charge in [-0.25, -0.2) is 9.78 Å². The fourth-order valence-electron chi connectivity index (χ4n) is 2.83. The van der Waals surface area contributed by atoms with Gasteiger partial charge in [-0.05, 0) is 44.5 Å². The minimum absolute atomic E-state index is 0.111. The molecule has 0 amide bonds. The van der Waals surface area contributed by atoms with E-state index in [0.29, 0.717) is 28.1 Å². The first-order valence-corrected chi connectivity index (χ1v) is 8.50. The molecule has 25 heavy (non-hydrogen) atoms. The van der Waals surface area contributed by atoms with Crippen molar-refractivity contribution in [3.63, 3.8) is 0 Å². The number of nitrogens with one attached hydrogen (secondary N) is 1. The van der Waals surface area contributed by atoms with E-state index >= 15 is 0 Å². The number of ether oxygens (including phenoxy) is 1. The quantitative estimate of drug-likeness (QED) is 0.558. The molecule has 0 unspecified atom stereocenters. The molecule has 0 aliphatic rings. The second-order valence-corrected chi connectivity index (χ2v) is 6.60. The van der Waals surface area contributed by atoms with Crippen LogP contribution in [0.1, 0.15) is 49.4 Å². The molecule has 0 fully saturated rings. The number of fused-ring (bicyclic) bond motifs is 1. The summed E-state index contributed by atoms with van der Waals surface area (Å²) in [7, 11) is 0. The van der Waals surface area contributed by atoms with Crippen LogP contribution >= 0.6 is 11.3 Å². The molecule has 0 spiro atoms. The fourth-order valence-corrected chi connectivity index (χ4v) is 3.54. The Balaban J connectivity index is 1.72. The molecule has 0 atom stereocenters. The van der Waals surface area contributed by atoms with Crippen molar-refractivity contribution in [2.24, 2.45) is 0 Å². The van der Waals surface area contributed by atoms with Crippen LogP contribution in [0.3, 0.4) is 0 Å². The summed E-state index contributed by atoms with van der Waals surface area (Å²) in [6.07, 6.45) is 0. The highest BCUT2D eigenvalue weighted by Crippen LogP contribution is 2.21. The van der Waals surface area contributed by atoms with Gasteiger partial charge in [0.05, 0.1) is 27.0 Å². The number of rotatable bonds is 5. The first-order chi connectivity index (χ1) is 11.9. The predicted octanol–water partition coefficient (Wildman–Crippen LogP) is 3.48. The Labute approximate surface area is 147 Å². The van der Waals surface area contributed by atoms with Gasteiger partial charge in [0.15, 0.2) is 12.4 Å². The monoisotopic (exact) mass is 356 g/mol. The number of carbonyl (C=O) groups excluding carboxylic acids is 3. The van der Waals surface area contributed by atoms with Gasteiger partial charge >= 0.3 is 5.97 Å². The number of H-pyrrole nitrogens is 1. The third-order valence-electron chi connectivity index (χ3n) is 3.97. The highest BCUT2D eigenvalue weighted by atomic mass is 32.1. The average Bonchev–Trinajstić information content (AvgIpc) is 3.15. The van der Waals surface area contributed by atoms with Gasteiger partial charge in [0.25, 0.3) is 0 Å². The van der Waals surface area contributed by atoms with Gasteiger partial charge in [-0.15, -0.1) is 11.3 Å². The van der Waals surface area contributed by atoms with Crippen molar-refractivity contribution >= 4 is 39.1 Å². The van der Waals surface area contributed by atoms with Gasteiger partial charge in [-0.3, -0.25) is 9.59 Å². The number of carbonyl (C=O) groups is 3. The van der Waals surface area contributed by atoms with Crippen molar-refractivity contribution in [3.8, 4) is 0 Å². The van der Waals surface area contributed by atoms with Crippen LogP contribution in [-0.2, 0) is 4.74 Å². The van der Waals surface area contributed by atoms with E-state index in [-0.39, 0.29) is 11.6 Å². The second-order valence-electron chi connectivity index (χ2n) is 5.72. The zero-order valence-corrected chi connectivity index (χ0v) is 14.8. The molecule has 0 radical (unpaired) electrons. The third kappa shape index (κ3) is 3.23. The molecule has 0 aliphatic heterocycles. The van der Waals surface area contributed by atoms with Crippen LogP contribution in [0.25, 0.3) is 10.2 Å². The summed E-state index contributed by atoms with van der Waals surface area (Å²) in [6, 6.07) is 5.05. The maximum absolute atomic E-state index is 12.3. The molecule has 3 rings (SSSR count). The second kappa shape index (κ2) is 6.60. The van der Waals surface area contributed by atoms with Gasteiger partial charge < -0.3 is 9.72 Å². The molecule has 7 heteroatoms. The van der Waals surface area contributed by atoms with Crippen LogP contribution in [0, 0.1) is 13.8 Å². The van der Waals surface area contributed by atoms with Crippen molar-refractivity contribution in [2.45, 2.75) is 20.8 Å². The number of nitrogens with zero attached hydrogens (tertiary/aromatic N) is 1. The summed E-state index contributed by atoms with van der Waals surface area (Å²) in [6.45, 7) is 4.49. The molecule has 3 aromatic rings. The molecule has 1 N–H and O–H groups in total. The lowest BCUT2D eigenvalue weighted by Gasteiger charge is -2.04. The van der Waals surface area contributed by atoms with Gasteiger partial charge in [0, 0.05) is 11.3 Å². The molecule has 6 nitrogen and oxygen atoms in total. The van der Waals surface area contributed by atoms with Crippen molar-refractivity contribution < 1.29 is 19.1 Å². The molecule has 1 aromatic carbocycles. The lowest BCUT2D eigenvalue weighted by molar-refractivity contribution is 0.0473. The largest absolute Gasteiger partial charge is 0.454 e. The van der Waals surface area contributed by atoms with Crippen molar-refractivity contribution in [1.82, 2.24) is 9.97 Å². The van der Waals surface area contributed by atoms with Crippen LogP contribution in [0.5, 0.6) is 0 Å². The number of ketones is 2. The number of thiazole rings is 1. The Bertz CT molecular complexity index is 1000. The first-order valence-electron chi connectivity index (χ1n) is 7.62. The highest BCUT2D eigenvalue weighted by molar-refractivity contribution is 7.16. The van der Waals surface area contributed by atoms with Crippen molar-refractivity contribution in [2.75, 3.05) is 6.61 Å². The first kappa shape index (κ1) is 17.0. The molecule has 128 valence electrons. The zero-order valence-electron chi connectivity index (χ0n) is 14.0. The number of benzene rings is 1. The summed E-state index contributed by atoms with van der Waals surface area (Å²) in [5.41, 5.74) is 4.90. The number of hydrogen-bond acceptors (Lipinski definition) is 6. The van der Waals surface area contributed by atoms with E-state index in [9.17, 15) is 14.4 Å². The summed E-state index contributed by atoms with van der Waals surface area (Å²) in [5, 5.41) is 0. The third-order valence-corrected chi connectivity index (χ3v) is 4.76. The fraction of sp³-hybridized carbons (Fsp3) is 0.222. The van der Waals surface area contributed by atoms with Crippen LogP contribution in [0.4, 0.5) is 0 Å². The summed E-state index contributed by atoms with van der Waals surface area (Å²) < 4.78 is 6.00. The molecule has 2 heterocycles. The number of hydrogen-bond donors (Lipinski definition) is 1. The number of aryl methyl sites for hydroxylation is 1. The standard InChI is InChI=1S/C18H16N2O4S/c1-9-16(11(3)21)10(2)20-17(9)14(22)7-24-18(23)12-4-5-13-15(6-12)25-8-19-13/h4-6,8,20H,7H2,1-3H3. The molecule has 0 aliphatic carbocycles. The summed E-state index contributed by atoms with van der Waals surface area (Å²) in [4.78, 5) is 43.2. The molecular weight excluding hydrogens is 340 g/mol. The average molecular weight is 356 g/mol. The Morgan fingerprint density at radius 1 is 1.24 bits per heavy atom. The Kier molecular flexibility index (Phi) is 4.50. The number of esters is 1. The number of aromatic amines is 1. The minimum Gasteiger partial charge on any atom is -0.454 e. The summed E-state index contributed by atoms with van der Waals surface area (Å²) >= 11 is 1.43. The van der Waals surface area contributed by atoms with Gasteiger partial charge in [-0.2, -0.15) is 0 Å². The van der Waals surface area contributed by atoms with E-state index in [1.54, 1.807) is 37.6 Å². The van der Waals surface area contributed by atoms with Crippen molar-refractivity contribution in [1.29, 1.82) is 0 Å².